The van der Waals surface area contributed by atoms with Crippen LogP contribution in [-0.2, 0) is 16.1 Å². The van der Waals surface area contributed by atoms with Crippen LogP contribution in [0.15, 0.2) is 54.0 Å². The predicted octanol–water partition coefficient (Wildman–Crippen LogP) is 4.39. The summed E-state index contributed by atoms with van der Waals surface area (Å²) in [5.74, 6) is -1.12. The molecular weight excluding hydrogens is 513 g/mol. The van der Waals surface area contributed by atoms with E-state index in [0.29, 0.717) is 13.4 Å². The van der Waals surface area contributed by atoms with Crippen molar-refractivity contribution in [2.24, 2.45) is 0 Å². The molecular formula is C24H21F3N4O5S. The Morgan fingerprint density at radius 1 is 1.16 bits per heavy atom. The first-order valence-corrected chi connectivity index (χ1v) is 12.1. The lowest BCUT2D eigenvalue weighted by Gasteiger charge is -2.32. The van der Waals surface area contributed by atoms with Gasteiger partial charge in [0.2, 0.25) is 6.79 Å². The maximum absolute atomic E-state index is 10.6. The molecule has 0 spiro atoms. The number of carbonyl (C=O) groups is 1. The highest BCUT2D eigenvalue weighted by atomic mass is 32.1. The highest BCUT2D eigenvalue weighted by Crippen LogP contribution is 2.33. The molecule has 2 aliphatic heterocycles. The summed E-state index contributed by atoms with van der Waals surface area (Å²) in [6.45, 7) is 3.45. The topological polar surface area (TPSA) is 98.4 Å². The van der Waals surface area contributed by atoms with Crippen LogP contribution in [0, 0.1) is 0 Å². The number of aromatic nitrogens is 3. The lowest BCUT2D eigenvalue weighted by atomic mass is 10.1. The molecule has 1 N–H and O–H groups in total. The second-order valence-corrected chi connectivity index (χ2v) is 9.23. The monoisotopic (exact) mass is 534 g/mol. The number of ether oxygens (including phenoxy) is 3. The number of hydrogen-bond donors (Lipinski definition) is 1. The van der Waals surface area contributed by atoms with Crippen molar-refractivity contribution in [3.63, 3.8) is 0 Å². The van der Waals surface area contributed by atoms with Crippen LogP contribution in [0.4, 0.5) is 13.2 Å². The van der Waals surface area contributed by atoms with Crippen molar-refractivity contribution in [3.05, 3.63) is 65.3 Å². The number of aliphatic carboxylic acids is 1. The molecule has 1 saturated heterocycles. The standard InChI is InChI=1S/C22H20N4O3S.C2HF3O2/c1-2-21(30-9-1)16-4-5-17-22(23-24-26(17)12-16)20-13-25(7-8-27-20)11-15-3-6-18-19(10-15)29-14-28-18;3-2(4,5)1(6)7/h1-6,9-10,12,20H,7-8,11,13-14H2;(H,6,7). The van der Waals surface area contributed by atoms with E-state index in [1.807, 2.05) is 16.8 Å². The van der Waals surface area contributed by atoms with E-state index in [-0.39, 0.29) is 6.10 Å². The number of hydrogen-bond acceptors (Lipinski definition) is 8. The van der Waals surface area contributed by atoms with Crippen LogP contribution in [0.3, 0.4) is 0 Å². The van der Waals surface area contributed by atoms with Crippen molar-refractivity contribution in [1.29, 1.82) is 0 Å². The van der Waals surface area contributed by atoms with Gasteiger partial charge in [0, 0.05) is 36.3 Å². The summed E-state index contributed by atoms with van der Waals surface area (Å²) >= 11 is 1.72. The van der Waals surface area contributed by atoms with Crippen LogP contribution in [0.5, 0.6) is 11.5 Å². The Bertz CT molecular complexity index is 1390. The number of alkyl halides is 3. The van der Waals surface area contributed by atoms with E-state index in [9.17, 15) is 13.2 Å². The minimum absolute atomic E-state index is 0.0992. The summed E-state index contributed by atoms with van der Waals surface area (Å²) < 4.78 is 50.6. The van der Waals surface area contributed by atoms with Crippen molar-refractivity contribution in [3.8, 4) is 21.9 Å². The number of nitrogens with zero attached hydrogens (tertiary/aromatic N) is 4. The second-order valence-electron chi connectivity index (χ2n) is 8.28. The van der Waals surface area contributed by atoms with Gasteiger partial charge in [0.15, 0.2) is 11.5 Å². The Balaban J connectivity index is 0.000000355. The van der Waals surface area contributed by atoms with Crippen LogP contribution < -0.4 is 9.47 Å². The summed E-state index contributed by atoms with van der Waals surface area (Å²) in [6, 6.07) is 14.5. The number of thiophene rings is 1. The van der Waals surface area contributed by atoms with Gasteiger partial charge in [-0.05, 0) is 41.3 Å². The minimum Gasteiger partial charge on any atom is -0.475 e. The van der Waals surface area contributed by atoms with Crippen LogP contribution in [0.2, 0.25) is 0 Å². The average molecular weight is 535 g/mol. The van der Waals surface area contributed by atoms with E-state index < -0.39 is 12.1 Å². The van der Waals surface area contributed by atoms with Gasteiger partial charge in [-0.3, -0.25) is 4.90 Å². The average Bonchev–Trinajstić information content (AvgIpc) is 3.64. The van der Waals surface area contributed by atoms with Crippen molar-refractivity contribution >= 4 is 22.8 Å². The molecule has 6 rings (SSSR count). The van der Waals surface area contributed by atoms with Crippen molar-refractivity contribution in [2.45, 2.75) is 18.8 Å². The molecule has 4 aromatic rings. The van der Waals surface area contributed by atoms with Crippen molar-refractivity contribution in [2.75, 3.05) is 26.5 Å². The number of benzene rings is 1. The number of pyridine rings is 1. The number of rotatable bonds is 4. The Labute approximate surface area is 212 Å². The number of carboxylic acid groups (broad SMARTS) is 1. The Hall–Kier alpha value is -3.68. The van der Waals surface area contributed by atoms with Gasteiger partial charge in [0.1, 0.15) is 11.8 Å². The normalized spacial score (nSPS) is 17.4. The lowest BCUT2D eigenvalue weighted by Crippen LogP contribution is -2.38. The van der Waals surface area contributed by atoms with E-state index in [1.54, 1.807) is 11.3 Å². The molecule has 37 heavy (non-hydrogen) atoms. The van der Waals surface area contributed by atoms with Gasteiger partial charge in [-0.2, -0.15) is 13.2 Å². The van der Waals surface area contributed by atoms with Gasteiger partial charge in [0.25, 0.3) is 0 Å². The van der Waals surface area contributed by atoms with E-state index in [0.717, 1.165) is 47.9 Å². The van der Waals surface area contributed by atoms with Gasteiger partial charge in [0.05, 0.1) is 12.1 Å². The third kappa shape index (κ3) is 5.68. The number of fused-ring (bicyclic) bond motifs is 2. The number of halogens is 3. The smallest absolute Gasteiger partial charge is 0.475 e. The number of carboxylic acids is 1. The zero-order valence-corrected chi connectivity index (χ0v) is 20.0. The highest BCUT2D eigenvalue weighted by Gasteiger charge is 2.38. The van der Waals surface area contributed by atoms with Crippen LogP contribution in [-0.4, -0.2) is 63.5 Å². The molecule has 5 heterocycles. The molecule has 0 aliphatic carbocycles. The first-order chi connectivity index (χ1) is 17.8. The Morgan fingerprint density at radius 2 is 1.97 bits per heavy atom. The first-order valence-electron chi connectivity index (χ1n) is 11.2. The molecule has 2 aliphatic rings. The summed E-state index contributed by atoms with van der Waals surface area (Å²) in [5, 5.41) is 18.0. The Morgan fingerprint density at radius 3 is 2.73 bits per heavy atom. The molecule has 1 unspecified atom stereocenters. The van der Waals surface area contributed by atoms with E-state index in [2.05, 4.69) is 57.0 Å². The maximum Gasteiger partial charge on any atom is 0.490 e. The summed E-state index contributed by atoms with van der Waals surface area (Å²) in [4.78, 5) is 12.5. The number of morpholine rings is 1. The van der Waals surface area contributed by atoms with Crippen molar-refractivity contribution in [1.82, 2.24) is 19.7 Å². The molecule has 1 atom stereocenters. The lowest BCUT2D eigenvalue weighted by molar-refractivity contribution is -0.192. The fourth-order valence-electron chi connectivity index (χ4n) is 4.04. The van der Waals surface area contributed by atoms with Gasteiger partial charge < -0.3 is 19.3 Å². The molecule has 0 radical (unpaired) electrons. The molecule has 0 bridgehead atoms. The highest BCUT2D eigenvalue weighted by molar-refractivity contribution is 7.13. The van der Waals surface area contributed by atoms with E-state index in [1.165, 1.54) is 10.4 Å². The molecule has 1 fully saturated rings. The third-order valence-corrected chi connectivity index (χ3v) is 6.71. The molecule has 0 amide bonds. The quantitative estimate of drug-likeness (QED) is 0.412. The largest absolute Gasteiger partial charge is 0.490 e. The maximum atomic E-state index is 10.6. The SMILES string of the molecule is O=C(O)C(F)(F)F.c1csc(-c2ccc3c(C4CN(Cc5ccc6c(c5)OCO6)CCO4)nnn3c2)c1. The fraction of sp³-hybridized carbons (Fsp3) is 0.292. The fourth-order valence-corrected chi connectivity index (χ4v) is 4.76. The zero-order chi connectivity index (χ0) is 26.0. The molecule has 194 valence electrons. The molecule has 0 saturated carbocycles. The van der Waals surface area contributed by atoms with Gasteiger partial charge in [-0.25, -0.2) is 9.31 Å². The molecule has 13 heteroatoms. The van der Waals surface area contributed by atoms with E-state index >= 15 is 0 Å². The first kappa shape index (κ1) is 25.0. The minimum atomic E-state index is -5.08. The summed E-state index contributed by atoms with van der Waals surface area (Å²) in [6.07, 6.45) is -3.15. The van der Waals surface area contributed by atoms with Crippen LogP contribution >= 0.6 is 11.3 Å². The summed E-state index contributed by atoms with van der Waals surface area (Å²) in [7, 11) is 0. The van der Waals surface area contributed by atoms with Gasteiger partial charge >= 0.3 is 12.1 Å². The second kappa shape index (κ2) is 10.4. The molecule has 9 nitrogen and oxygen atoms in total. The molecule has 3 aromatic heterocycles. The predicted molar refractivity (Wildman–Crippen MR) is 127 cm³/mol. The van der Waals surface area contributed by atoms with Gasteiger partial charge in [-0.1, -0.05) is 17.3 Å². The van der Waals surface area contributed by atoms with E-state index in [4.69, 9.17) is 24.1 Å². The van der Waals surface area contributed by atoms with Gasteiger partial charge in [-0.15, -0.1) is 16.4 Å². The zero-order valence-electron chi connectivity index (χ0n) is 19.2. The van der Waals surface area contributed by atoms with Crippen LogP contribution in [0.1, 0.15) is 17.4 Å². The van der Waals surface area contributed by atoms with Crippen LogP contribution in [0.25, 0.3) is 16.0 Å². The van der Waals surface area contributed by atoms with Crippen molar-refractivity contribution < 1.29 is 37.3 Å². The summed E-state index contributed by atoms with van der Waals surface area (Å²) in [5.41, 5.74) is 4.23. The third-order valence-electron chi connectivity index (χ3n) is 5.79. The Kier molecular flexibility index (Phi) is 7.00. The molecule has 1 aromatic carbocycles.